The molecule has 5 nitrogen and oxygen atoms in total. The monoisotopic (exact) mass is 196 g/mol. The zero-order valence-corrected chi connectivity index (χ0v) is 8.07. The van der Waals surface area contributed by atoms with E-state index in [9.17, 15) is 14.7 Å². The molecule has 5 heteroatoms. The van der Waals surface area contributed by atoms with Crippen LogP contribution in [0, 0.1) is 6.92 Å². The first-order valence-electron chi connectivity index (χ1n) is 4.16. The molecule has 0 aliphatic carbocycles. The summed E-state index contributed by atoms with van der Waals surface area (Å²) in [6, 6.07) is -0.363. The lowest BCUT2D eigenvalue weighted by Gasteiger charge is -2.12. The summed E-state index contributed by atoms with van der Waals surface area (Å²) in [5.41, 5.74) is -1.08. The third-order valence-electron chi connectivity index (χ3n) is 2.09. The van der Waals surface area contributed by atoms with E-state index in [1.807, 2.05) is 0 Å². The molecule has 1 atom stereocenters. The summed E-state index contributed by atoms with van der Waals surface area (Å²) in [5.74, 6) is -0.314. The highest BCUT2D eigenvalue weighted by atomic mass is 16.3. The van der Waals surface area contributed by atoms with Gasteiger partial charge in [-0.05, 0) is 13.8 Å². The van der Waals surface area contributed by atoms with Crippen molar-refractivity contribution in [3.63, 3.8) is 0 Å². The van der Waals surface area contributed by atoms with Crippen molar-refractivity contribution in [3.8, 4) is 5.88 Å². The number of nitrogens with zero attached hydrogens (tertiary/aromatic N) is 1. The molecule has 1 heterocycles. The summed E-state index contributed by atoms with van der Waals surface area (Å²) >= 11 is 0. The highest BCUT2D eigenvalue weighted by Gasteiger charge is 2.12. The number of H-pyrrole nitrogens is 1. The van der Waals surface area contributed by atoms with E-state index in [-0.39, 0.29) is 17.5 Å². The van der Waals surface area contributed by atoms with Crippen LogP contribution in [0.5, 0.6) is 5.88 Å². The van der Waals surface area contributed by atoms with Gasteiger partial charge >= 0.3 is 5.69 Å². The van der Waals surface area contributed by atoms with Crippen LogP contribution in [-0.4, -0.2) is 14.7 Å². The molecule has 0 saturated carbocycles. The van der Waals surface area contributed by atoms with Crippen LogP contribution in [0.4, 0.5) is 0 Å². The summed E-state index contributed by atoms with van der Waals surface area (Å²) in [4.78, 5) is 24.5. The van der Waals surface area contributed by atoms with Crippen molar-refractivity contribution in [2.24, 2.45) is 0 Å². The molecule has 0 spiro atoms. The van der Waals surface area contributed by atoms with E-state index >= 15 is 0 Å². The first-order valence-corrected chi connectivity index (χ1v) is 4.16. The molecule has 1 unspecified atom stereocenters. The van der Waals surface area contributed by atoms with Gasteiger partial charge in [0.25, 0.3) is 5.56 Å². The Bertz CT molecular complexity index is 470. The molecule has 0 fully saturated rings. The minimum absolute atomic E-state index is 0.123. The highest BCUT2D eigenvalue weighted by molar-refractivity contribution is 5.21. The molecule has 0 saturated heterocycles. The van der Waals surface area contributed by atoms with Gasteiger partial charge in [-0.2, -0.15) is 0 Å². The summed E-state index contributed by atoms with van der Waals surface area (Å²) in [7, 11) is 0. The molecule has 1 rings (SSSR count). The van der Waals surface area contributed by atoms with Crippen molar-refractivity contribution in [2.45, 2.75) is 19.9 Å². The number of aromatic nitrogens is 2. The SMILES string of the molecule is C=CC(C)n1c(O)c(C)c(=O)[nH]c1=O. The van der Waals surface area contributed by atoms with E-state index in [0.29, 0.717) is 0 Å². The second kappa shape index (κ2) is 3.53. The van der Waals surface area contributed by atoms with Crippen LogP contribution in [0.2, 0.25) is 0 Å². The van der Waals surface area contributed by atoms with Gasteiger partial charge in [-0.15, -0.1) is 6.58 Å². The molecule has 0 amide bonds. The summed E-state index contributed by atoms with van der Waals surface area (Å²) in [6.07, 6.45) is 1.50. The second-order valence-electron chi connectivity index (χ2n) is 3.05. The van der Waals surface area contributed by atoms with Crippen molar-refractivity contribution in [1.29, 1.82) is 0 Å². The van der Waals surface area contributed by atoms with Crippen molar-refractivity contribution in [2.75, 3.05) is 0 Å². The third kappa shape index (κ3) is 1.48. The van der Waals surface area contributed by atoms with Crippen LogP contribution in [0.25, 0.3) is 0 Å². The van der Waals surface area contributed by atoms with E-state index in [0.717, 1.165) is 4.57 Å². The van der Waals surface area contributed by atoms with E-state index in [1.54, 1.807) is 6.92 Å². The number of hydrogen-bond acceptors (Lipinski definition) is 3. The van der Waals surface area contributed by atoms with Gasteiger partial charge in [0.1, 0.15) is 0 Å². The number of rotatable bonds is 2. The van der Waals surface area contributed by atoms with E-state index < -0.39 is 11.2 Å². The first-order chi connectivity index (χ1) is 6.49. The predicted molar refractivity (Wildman–Crippen MR) is 52.6 cm³/mol. The maximum atomic E-state index is 11.3. The van der Waals surface area contributed by atoms with Crippen LogP contribution < -0.4 is 11.2 Å². The Kier molecular flexibility index (Phi) is 2.60. The largest absolute Gasteiger partial charge is 0.494 e. The molecular formula is C9H12N2O3. The van der Waals surface area contributed by atoms with Crippen LogP contribution >= 0.6 is 0 Å². The molecule has 0 aliphatic rings. The van der Waals surface area contributed by atoms with Gasteiger partial charge in [-0.1, -0.05) is 6.08 Å². The van der Waals surface area contributed by atoms with Crippen molar-refractivity contribution in [3.05, 3.63) is 39.1 Å². The Balaban J connectivity index is 3.60. The Labute approximate surface area is 80.3 Å². The lowest BCUT2D eigenvalue weighted by Crippen LogP contribution is -2.32. The van der Waals surface area contributed by atoms with Crippen LogP contribution in [-0.2, 0) is 0 Å². The van der Waals surface area contributed by atoms with E-state index in [2.05, 4.69) is 11.6 Å². The number of nitrogens with one attached hydrogen (secondary N) is 1. The quantitative estimate of drug-likeness (QED) is 0.668. The Morgan fingerprint density at radius 1 is 1.57 bits per heavy atom. The molecule has 14 heavy (non-hydrogen) atoms. The third-order valence-corrected chi connectivity index (χ3v) is 2.09. The summed E-state index contributed by atoms with van der Waals surface area (Å²) < 4.78 is 1.07. The van der Waals surface area contributed by atoms with Gasteiger partial charge in [0.15, 0.2) is 0 Å². The zero-order chi connectivity index (χ0) is 10.9. The molecule has 2 N–H and O–H groups in total. The minimum Gasteiger partial charge on any atom is -0.494 e. The van der Waals surface area contributed by atoms with Gasteiger partial charge < -0.3 is 5.11 Å². The molecule has 0 aromatic carbocycles. The number of aromatic hydroxyl groups is 1. The molecule has 1 aromatic heterocycles. The van der Waals surface area contributed by atoms with Gasteiger partial charge in [0, 0.05) is 0 Å². The molecule has 0 radical (unpaired) electrons. The van der Waals surface area contributed by atoms with E-state index in [1.165, 1.54) is 13.0 Å². The molecular weight excluding hydrogens is 184 g/mol. The van der Waals surface area contributed by atoms with Gasteiger partial charge in [-0.25, -0.2) is 4.79 Å². The Morgan fingerprint density at radius 3 is 2.64 bits per heavy atom. The summed E-state index contributed by atoms with van der Waals surface area (Å²) in [5, 5.41) is 9.56. The fourth-order valence-electron chi connectivity index (χ4n) is 1.11. The number of aromatic amines is 1. The summed E-state index contributed by atoms with van der Waals surface area (Å²) in [6.45, 7) is 6.64. The predicted octanol–water partition coefficient (Wildman–Crippen LogP) is 0.298. The minimum atomic E-state index is -0.634. The van der Waals surface area contributed by atoms with E-state index in [4.69, 9.17) is 0 Å². The maximum Gasteiger partial charge on any atom is 0.331 e. The highest BCUT2D eigenvalue weighted by Crippen LogP contribution is 2.14. The van der Waals surface area contributed by atoms with Crippen molar-refractivity contribution in [1.82, 2.24) is 9.55 Å². The Morgan fingerprint density at radius 2 is 2.14 bits per heavy atom. The maximum absolute atomic E-state index is 11.3. The Hall–Kier alpha value is -1.78. The molecule has 1 aromatic rings. The standard InChI is InChI=1S/C9H12N2O3/c1-4-5(2)11-8(13)6(3)7(12)10-9(11)14/h4-5,13H,1H2,2-3H3,(H,10,12,14). The second-order valence-corrected chi connectivity index (χ2v) is 3.05. The number of hydrogen-bond donors (Lipinski definition) is 2. The lowest BCUT2D eigenvalue weighted by molar-refractivity contribution is 0.388. The van der Waals surface area contributed by atoms with Crippen LogP contribution in [0.15, 0.2) is 22.2 Å². The van der Waals surface area contributed by atoms with Crippen LogP contribution in [0.1, 0.15) is 18.5 Å². The normalized spacial score (nSPS) is 12.4. The topological polar surface area (TPSA) is 75.1 Å². The van der Waals surface area contributed by atoms with Gasteiger partial charge in [-0.3, -0.25) is 14.3 Å². The van der Waals surface area contributed by atoms with Crippen molar-refractivity contribution >= 4 is 0 Å². The smallest absolute Gasteiger partial charge is 0.331 e. The number of allylic oxidation sites excluding steroid dienone is 1. The zero-order valence-electron chi connectivity index (χ0n) is 8.07. The average Bonchev–Trinajstić information content (AvgIpc) is 2.14. The first kappa shape index (κ1) is 10.3. The fraction of sp³-hybridized carbons (Fsp3) is 0.333. The fourth-order valence-corrected chi connectivity index (χ4v) is 1.11. The molecule has 0 bridgehead atoms. The van der Waals surface area contributed by atoms with Crippen LogP contribution in [0.3, 0.4) is 0 Å². The van der Waals surface area contributed by atoms with Crippen molar-refractivity contribution < 1.29 is 5.11 Å². The molecule has 76 valence electrons. The lowest BCUT2D eigenvalue weighted by atomic mass is 10.3. The molecule has 0 aliphatic heterocycles. The van der Waals surface area contributed by atoms with Gasteiger partial charge in [0.2, 0.25) is 5.88 Å². The average molecular weight is 196 g/mol. The van der Waals surface area contributed by atoms with Gasteiger partial charge in [0.05, 0.1) is 11.6 Å².